The summed E-state index contributed by atoms with van der Waals surface area (Å²) in [5, 5.41) is 0. The van der Waals surface area contributed by atoms with Gasteiger partial charge in [-0.05, 0) is 6.42 Å². The molecule has 1 amide bonds. The number of hydrogen-bond donors (Lipinski definition) is 2. The molecule has 2 radical (unpaired) electrons. The van der Waals surface area contributed by atoms with Gasteiger partial charge < -0.3 is 11.5 Å². The first-order valence-electron chi connectivity index (χ1n) is 3.43. The van der Waals surface area contributed by atoms with E-state index in [2.05, 4.69) is 0 Å². The topological polar surface area (TPSA) is 69.1 Å². The number of unbranched alkanes of at least 4 members (excludes halogenated alkanes) is 1. The van der Waals surface area contributed by atoms with E-state index in [0.29, 0.717) is 12.7 Å². The lowest BCUT2D eigenvalue weighted by molar-refractivity contribution is -0.119. The monoisotopic (exact) mass is 140 g/mol. The van der Waals surface area contributed by atoms with Crippen molar-refractivity contribution in [2.75, 3.05) is 0 Å². The molecule has 4 N–H and O–H groups in total. The van der Waals surface area contributed by atoms with Crippen molar-refractivity contribution in [2.45, 2.75) is 31.6 Å². The van der Waals surface area contributed by atoms with Crippen molar-refractivity contribution in [3.05, 3.63) is 0 Å². The number of amides is 1. The Morgan fingerprint density at radius 2 is 2.10 bits per heavy atom. The molecule has 0 bridgehead atoms. The average molecular weight is 140 g/mol. The summed E-state index contributed by atoms with van der Waals surface area (Å²) in [6.45, 7) is 0. The lowest BCUT2D eigenvalue weighted by Crippen LogP contribution is -2.36. The Bertz CT molecular complexity index is 108. The summed E-state index contributed by atoms with van der Waals surface area (Å²) >= 11 is 0. The van der Waals surface area contributed by atoms with Crippen molar-refractivity contribution in [3.63, 3.8) is 0 Å². The Balaban J connectivity index is 3.21. The zero-order chi connectivity index (χ0) is 7.98. The van der Waals surface area contributed by atoms with Gasteiger partial charge in [0.2, 0.25) is 5.91 Å². The first-order valence-corrected chi connectivity index (χ1v) is 3.43. The normalized spacial score (nSPS) is 12.9. The van der Waals surface area contributed by atoms with Crippen LogP contribution in [-0.2, 0) is 4.79 Å². The molecule has 10 heavy (non-hydrogen) atoms. The summed E-state index contributed by atoms with van der Waals surface area (Å²) in [4.78, 5) is 10.4. The number of hydrogen-bond acceptors (Lipinski definition) is 2. The highest BCUT2D eigenvalue weighted by Gasteiger charge is 2.06. The number of rotatable bonds is 5. The van der Waals surface area contributed by atoms with Gasteiger partial charge in [0, 0.05) is 0 Å². The molecule has 0 aliphatic heterocycles. The molecular formula is C6H13BN2O. The lowest BCUT2D eigenvalue weighted by Gasteiger charge is -2.04. The minimum absolute atomic E-state index is 0.433. The molecule has 0 saturated carbocycles. The highest BCUT2D eigenvalue weighted by atomic mass is 16.1. The third kappa shape index (κ3) is 4.38. The van der Waals surface area contributed by atoms with Gasteiger partial charge in [0.25, 0.3) is 0 Å². The van der Waals surface area contributed by atoms with Gasteiger partial charge in [0.1, 0.15) is 0 Å². The first kappa shape index (κ1) is 9.49. The molecule has 1 atom stereocenters. The molecule has 0 aromatic carbocycles. The maximum atomic E-state index is 10.4. The van der Waals surface area contributed by atoms with E-state index in [0.717, 1.165) is 12.8 Å². The molecule has 0 spiro atoms. The highest BCUT2D eigenvalue weighted by Crippen LogP contribution is 1.99. The van der Waals surface area contributed by atoms with Crippen LogP contribution in [0.25, 0.3) is 0 Å². The molecule has 0 aliphatic rings. The van der Waals surface area contributed by atoms with Crippen LogP contribution >= 0.6 is 0 Å². The highest BCUT2D eigenvalue weighted by molar-refractivity contribution is 6.08. The van der Waals surface area contributed by atoms with Crippen LogP contribution in [0.4, 0.5) is 0 Å². The standard InChI is InChI=1S/C6H13BN2O/c7-4-2-1-3-5(8)6(9)10/h5H,1-4,8H2,(H2,9,10). The molecular weight excluding hydrogens is 127 g/mol. The predicted molar refractivity (Wildman–Crippen MR) is 41.6 cm³/mol. The van der Waals surface area contributed by atoms with Crippen molar-refractivity contribution >= 4 is 13.8 Å². The minimum atomic E-state index is -0.494. The summed E-state index contributed by atoms with van der Waals surface area (Å²) in [5.41, 5.74) is 10.3. The second kappa shape index (κ2) is 5.29. The SMILES string of the molecule is [B]CCCCC(N)C(N)=O. The number of primary amides is 1. The Kier molecular flexibility index (Phi) is 5.03. The van der Waals surface area contributed by atoms with E-state index in [1.807, 2.05) is 0 Å². The third-order valence-electron chi connectivity index (χ3n) is 1.33. The van der Waals surface area contributed by atoms with Gasteiger partial charge in [-0.3, -0.25) is 4.79 Å². The molecule has 56 valence electrons. The zero-order valence-electron chi connectivity index (χ0n) is 6.05. The van der Waals surface area contributed by atoms with Crippen molar-refractivity contribution in [1.29, 1.82) is 0 Å². The average Bonchev–Trinajstić information content (AvgIpc) is 1.88. The van der Waals surface area contributed by atoms with Gasteiger partial charge in [-0.2, -0.15) is 0 Å². The van der Waals surface area contributed by atoms with Crippen molar-refractivity contribution in [2.24, 2.45) is 11.5 Å². The van der Waals surface area contributed by atoms with E-state index in [1.165, 1.54) is 0 Å². The second-order valence-electron chi connectivity index (χ2n) is 2.29. The molecule has 0 fully saturated rings. The van der Waals surface area contributed by atoms with Crippen molar-refractivity contribution < 1.29 is 4.79 Å². The van der Waals surface area contributed by atoms with Crippen LogP contribution in [0.3, 0.4) is 0 Å². The Morgan fingerprint density at radius 3 is 2.50 bits per heavy atom. The Hall–Kier alpha value is -0.505. The van der Waals surface area contributed by atoms with E-state index >= 15 is 0 Å². The Labute approximate surface area is 62.6 Å². The quantitative estimate of drug-likeness (QED) is 0.401. The van der Waals surface area contributed by atoms with Gasteiger partial charge in [0.05, 0.1) is 13.9 Å². The van der Waals surface area contributed by atoms with Crippen LogP contribution in [0.1, 0.15) is 19.3 Å². The molecule has 0 aromatic rings. The fraction of sp³-hybridized carbons (Fsp3) is 0.833. The molecule has 1 unspecified atom stereocenters. The fourth-order valence-electron chi connectivity index (χ4n) is 0.651. The maximum Gasteiger partial charge on any atom is 0.234 e. The van der Waals surface area contributed by atoms with Crippen LogP contribution in [0.5, 0.6) is 0 Å². The van der Waals surface area contributed by atoms with Gasteiger partial charge in [-0.15, -0.1) is 0 Å². The van der Waals surface area contributed by atoms with E-state index in [-0.39, 0.29) is 0 Å². The molecule has 3 nitrogen and oxygen atoms in total. The molecule has 0 heterocycles. The molecule has 4 heteroatoms. The summed E-state index contributed by atoms with van der Waals surface area (Å²) in [5.74, 6) is -0.433. The summed E-state index contributed by atoms with van der Waals surface area (Å²) < 4.78 is 0. The molecule has 0 saturated heterocycles. The Morgan fingerprint density at radius 1 is 1.50 bits per heavy atom. The van der Waals surface area contributed by atoms with Gasteiger partial charge in [-0.25, -0.2) is 0 Å². The summed E-state index contributed by atoms with van der Waals surface area (Å²) in [6, 6.07) is -0.494. The zero-order valence-corrected chi connectivity index (χ0v) is 6.05. The lowest BCUT2D eigenvalue weighted by atomic mass is 9.98. The van der Waals surface area contributed by atoms with E-state index in [1.54, 1.807) is 0 Å². The van der Waals surface area contributed by atoms with Crippen LogP contribution in [0.15, 0.2) is 0 Å². The molecule has 0 aliphatic carbocycles. The summed E-state index contributed by atoms with van der Waals surface area (Å²) in [6.07, 6.45) is 3.07. The fourth-order valence-corrected chi connectivity index (χ4v) is 0.651. The predicted octanol–water partition coefficient (Wildman–Crippen LogP) is -0.444. The van der Waals surface area contributed by atoms with Crippen LogP contribution in [-0.4, -0.2) is 19.8 Å². The minimum Gasteiger partial charge on any atom is -0.368 e. The van der Waals surface area contributed by atoms with Crippen LogP contribution in [0, 0.1) is 0 Å². The van der Waals surface area contributed by atoms with Gasteiger partial charge in [0.15, 0.2) is 0 Å². The first-order chi connectivity index (χ1) is 4.68. The molecule has 0 rings (SSSR count). The number of nitrogens with two attached hydrogens (primary N) is 2. The maximum absolute atomic E-state index is 10.4. The van der Waals surface area contributed by atoms with Crippen molar-refractivity contribution in [3.8, 4) is 0 Å². The summed E-state index contributed by atoms with van der Waals surface area (Å²) in [7, 11) is 5.23. The van der Waals surface area contributed by atoms with E-state index < -0.39 is 11.9 Å². The number of carbonyl (C=O) groups is 1. The van der Waals surface area contributed by atoms with Crippen molar-refractivity contribution in [1.82, 2.24) is 0 Å². The van der Waals surface area contributed by atoms with E-state index in [9.17, 15) is 4.79 Å². The third-order valence-corrected chi connectivity index (χ3v) is 1.33. The van der Waals surface area contributed by atoms with Gasteiger partial charge >= 0.3 is 0 Å². The van der Waals surface area contributed by atoms with Crippen LogP contribution < -0.4 is 11.5 Å². The molecule has 0 aromatic heterocycles. The smallest absolute Gasteiger partial charge is 0.234 e. The number of carbonyl (C=O) groups excluding carboxylic acids is 1. The van der Waals surface area contributed by atoms with E-state index in [4.69, 9.17) is 19.3 Å². The van der Waals surface area contributed by atoms with Crippen LogP contribution in [0.2, 0.25) is 6.32 Å². The largest absolute Gasteiger partial charge is 0.368 e. The second-order valence-corrected chi connectivity index (χ2v) is 2.29. The van der Waals surface area contributed by atoms with Gasteiger partial charge in [-0.1, -0.05) is 19.2 Å².